The van der Waals surface area contributed by atoms with E-state index in [1.807, 2.05) is 72.0 Å². The Balaban J connectivity index is 1.10. The molecule has 256 valence electrons. The molecule has 0 saturated heterocycles. The molecule has 8 aromatic carbocycles. The predicted octanol–water partition coefficient (Wildman–Crippen LogP) is 13.4. The number of fused-ring (bicyclic) bond motifs is 8. The first-order valence-electron chi connectivity index (χ1n) is 18.4. The SMILES string of the molecule is c1ccc(-c2nc(-c3ccccc3)nc(-c3cccc(-c4ccc5nc(-c6cc7ccccc7c7ccccc67)c6sc7ccccc7c6c5c4)c3)n2)cc1. The van der Waals surface area contributed by atoms with Crippen molar-refractivity contribution in [3.63, 3.8) is 0 Å². The fourth-order valence-electron chi connectivity index (χ4n) is 7.87. The van der Waals surface area contributed by atoms with E-state index in [9.17, 15) is 0 Å². The first-order valence-corrected chi connectivity index (χ1v) is 19.2. The van der Waals surface area contributed by atoms with Crippen molar-refractivity contribution in [3.8, 4) is 56.5 Å². The molecule has 11 aromatic rings. The van der Waals surface area contributed by atoms with E-state index >= 15 is 0 Å². The van der Waals surface area contributed by atoms with Crippen molar-refractivity contribution >= 4 is 64.0 Å². The summed E-state index contributed by atoms with van der Waals surface area (Å²) in [5.41, 5.74) is 8.18. The Morgan fingerprint density at radius 2 is 0.909 bits per heavy atom. The quantitative estimate of drug-likeness (QED) is 0.166. The van der Waals surface area contributed by atoms with Crippen molar-refractivity contribution in [2.75, 3.05) is 0 Å². The van der Waals surface area contributed by atoms with Gasteiger partial charge in [-0.05, 0) is 63.0 Å². The van der Waals surface area contributed by atoms with Gasteiger partial charge >= 0.3 is 0 Å². The smallest absolute Gasteiger partial charge is 0.164 e. The minimum atomic E-state index is 0.635. The van der Waals surface area contributed by atoms with Crippen molar-refractivity contribution in [2.24, 2.45) is 0 Å². The highest BCUT2D eigenvalue weighted by molar-refractivity contribution is 7.26. The van der Waals surface area contributed by atoms with Crippen LogP contribution in [0.3, 0.4) is 0 Å². The summed E-state index contributed by atoms with van der Waals surface area (Å²) in [7, 11) is 0. The number of benzene rings is 8. The molecule has 0 unspecified atom stereocenters. The number of pyridine rings is 1. The van der Waals surface area contributed by atoms with Gasteiger partial charge in [0.15, 0.2) is 17.5 Å². The second-order valence-electron chi connectivity index (χ2n) is 13.8. The molecule has 0 radical (unpaired) electrons. The molecule has 0 atom stereocenters. The highest BCUT2D eigenvalue weighted by Gasteiger charge is 2.20. The topological polar surface area (TPSA) is 51.6 Å². The van der Waals surface area contributed by atoms with Crippen LogP contribution in [0.5, 0.6) is 0 Å². The molecule has 0 N–H and O–H groups in total. The van der Waals surface area contributed by atoms with Gasteiger partial charge in [-0.25, -0.2) is 19.9 Å². The number of hydrogen-bond acceptors (Lipinski definition) is 5. The van der Waals surface area contributed by atoms with Crippen LogP contribution >= 0.6 is 11.3 Å². The van der Waals surface area contributed by atoms with Crippen LogP contribution < -0.4 is 0 Å². The zero-order chi connectivity index (χ0) is 36.3. The van der Waals surface area contributed by atoms with Crippen LogP contribution in [-0.4, -0.2) is 19.9 Å². The summed E-state index contributed by atoms with van der Waals surface area (Å²) in [6, 6.07) is 63.8. The number of thiophene rings is 1. The average molecular weight is 719 g/mol. The van der Waals surface area contributed by atoms with Gasteiger partial charge in [0.2, 0.25) is 0 Å². The third-order valence-corrected chi connectivity index (χ3v) is 11.7. The van der Waals surface area contributed by atoms with E-state index in [4.69, 9.17) is 19.9 Å². The zero-order valence-electron chi connectivity index (χ0n) is 29.5. The molecule has 4 nitrogen and oxygen atoms in total. The molecular weight excluding hydrogens is 689 g/mol. The van der Waals surface area contributed by atoms with E-state index < -0.39 is 0 Å². The summed E-state index contributed by atoms with van der Waals surface area (Å²) in [5.74, 6) is 1.93. The van der Waals surface area contributed by atoms with E-state index in [1.54, 1.807) is 0 Å². The molecule has 0 spiro atoms. The molecule has 11 rings (SSSR count). The molecule has 3 aromatic heterocycles. The predicted molar refractivity (Wildman–Crippen MR) is 230 cm³/mol. The standard InChI is InChI=1S/C50H30N4S/c1-3-14-31(15-4-1)48-52-49(32-16-5-2-6-17-32)54-50(53-48)36-20-13-19-33(28-36)34-26-27-43-42(29-34)45-40-24-11-12-25-44(40)55-47(45)46(51-43)41-30-35-18-7-8-21-37(35)38-22-9-10-23-39(38)41/h1-30H. The van der Waals surface area contributed by atoms with Crippen molar-refractivity contribution in [2.45, 2.75) is 0 Å². The Hall–Kier alpha value is -7.08. The fourth-order valence-corrected chi connectivity index (χ4v) is 9.09. The monoisotopic (exact) mass is 718 g/mol. The molecule has 5 heteroatoms. The lowest BCUT2D eigenvalue weighted by Crippen LogP contribution is -2.00. The number of hydrogen-bond donors (Lipinski definition) is 0. The number of nitrogens with zero attached hydrogens (tertiary/aromatic N) is 4. The van der Waals surface area contributed by atoms with Crippen LogP contribution in [-0.2, 0) is 0 Å². The van der Waals surface area contributed by atoms with E-state index in [0.717, 1.165) is 50.0 Å². The molecule has 0 aliphatic rings. The molecule has 0 fully saturated rings. The van der Waals surface area contributed by atoms with Gasteiger partial charge in [-0.3, -0.25) is 0 Å². The van der Waals surface area contributed by atoms with Gasteiger partial charge in [0.1, 0.15) is 0 Å². The van der Waals surface area contributed by atoms with Gasteiger partial charge in [-0.15, -0.1) is 11.3 Å². The normalized spacial score (nSPS) is 11.6. The fraction of sp³-hybridized carbons (Fsp3) is 0. The number of aromatic nitrogens is 4. The summed E-state index contributed by atoms with van der Waals surface area (Å²) >= 11 is 1.83. The maximum absolute atomic E-state index is 5.49. The van der Waals surface area contributed by atoms with Crippen molar-refractivity contribution in [1.82, 2.24) is 19.9 Å². The van der Waals surface area contributed by atoms with Crippen molar-refractivity contribution < 1.29 is 0 Å². The Kier molecular flexibility index (Phi) is 7.32. The molecule has 0 aliphatic heterocycles. The summed E-state index contributed by atoms with van der Waals surface area (Å²) in [4.78, 5) is 20.4. The molecule has 55 heavy (non-hydrogen) atoms. The van der Waals surface area contributed by atoms with E-state index in [1.165, 1.54) is 41.7 Å². The van der Waals surface area contributed by atoms with Crippen molar-refractivity contribution in [3.05, 3.63) is 182 Å². The third-order valence-electron chi connectivity index (χ3n) is 10.5. The maximum Gasteiger partial charge on any atom is 0.164 e. The van der Waals surface area contributed by atoms with Crippen LogP contribution in [0.1, 0.15) is 0 Å². The summed E-state index contributed by atoms with van der Waals surface area (Å²) in [5, 5.41) is 8.56. The first kappa shape index (κ1) is 31.4. The minimum absolute atomic E-state index is 0.635. The van der Waals surface area contributed by atoms with Gasteiger partial charge in [-0.1, -0.05) is 152 Å². The molecule has 0 saturated carbocycles. The molecule has 0 amide bonds. The Morgan fingerprint density at radius 3 is 1.65 bits per heavy atom. The van der Waals surface area contributed by atoms with Crippen LogP contribution in [0.25, 0.3) is 109 Å². The summed E-state index contributed by atoms with van der Waals surface area (Å²) < 4.78 is 2.45. The van der Waals surface area contributed by atoms with Gasteiger partial charge in [-0.2, -0.15) is 0 Å². The third kappa shape index (κ3) is 5.36. The Bertz CT molecular complexity index is 3210. The molecule has 0 aliphatic carbocycles. The highest BCUT2D eigenvalue weighted by Crippen LogP contribution is 2.46. The lowest BCUT2D eigenvalue weighted by molar-refractivity contribution is 1.07. The molecule has 3 heterocycles. The average Bonchev–Trinajstić information content (AvgIpc) is 3.66. The van der Waals surface area contributed by atoms with Gasteiger partial charge in [0.05, 0.1) is 15.9 Å². The number of rotatable bonds is 5. The van der Waals surface area contributed by atoms with Crippen LogP contribution in [0, 0.1) is 0 Å². The second-order valence-corrected chi connectivity index (χ2v) is 14.9. The van der Waals surface area contributed by atoms with Gasteiger partial charge in [0, 0.05) is 43.1 Å². The molecule has 0 bridgehead atoms. The maximum atomic E-state index is 5.49. The minimum Gasteiger partial charge on any atom is -0.246 e. The lowest BCUT2D eigenvalue weighted by Gasteiger charge is -2.13. The Labute approximate surface area is 321 Å². The van der Waals surface area contributed by atoms with E-state index in [2.05, 4.69) is 121 Å². The Morgan fingerprint density at radius 1 is 0.345 bits per heavy atom. The van der Waals surface area contributed by atoms with Crippen LogP contribution in [0.2, 0.25) is 0 Å². The summed E-state index contributed by atoms with van der Waals surface area (Å²) in [6.45, 7) is 0. The van der Waals surface area contributed by atoms with E-state index in [0.29, 0.717) is 17.5 Å². The van der Waals surface area contributed by atoms with Crippen LogP contribution in [0.4, 0.5) is 0 Å². The van der Waals surface area contributed by atoms with Crippen molar-refractivity contribution in [1.29, 1.82) is 0 Å². The van der Waals surface area contributed by atoms with E-state index in [-0.39, 0.29) is 0 Å². The zero-order valence-corrected chi connectivity index (χ0v) is 30.3. The van der Waals surface area contributed by atoms with Gasteiger partial charge < -0.3 is 0 Å². The summed E-state index contributed by atoms with van der Waals surface area (Å²) in [6.07, 6.45) is 0. The van der Waals surface area contributed by atoms with Gasteiger partial charge in [0.25, 0.3) is 0 Å². The lowest BCUT2D eigenvalue weighted by atomic mass is 9.94. The van der Waals surface area contributed by atoms with Crippen LogP contribution in [0.15, 0.2) is 182 Å². The first-order chi connectivity index (χ1) is 27.2. The second kappa shape index (κ2) is 12.8. The highest BCUT2D eigenvalue weighted by atomic mass is 32.1. The molecular formula is C50H30N4S. The largest absolute Gasteiger partial charge is 0.246 e.